The summed E-state index contributed by atoms with van der Waals surface area (Å²) in [5.74, 6) is 0.907. The summed E-state index contributed by atoms with van der Waals surface area (Å²) in [6.45, 7) is 0. The van der Waals surface area contributed by atoms with Crippen LogP contribution in [0.1, 0.15) is 22.5 Å². The molecule has 0 bridgehead atoms. The molecule has 36 heavy (non-hydrogen) atoms. The van der Waals surface area contributed by atoms with Crippen LogP contribution in [-0.2, 0) is 14.1 Å². The number of benzene rings is 2. The molecule has 1 aromatic heterocycles. The summed E-state index contributed by atoms with van der Waals surface area (Å²) in [6, 6.07) is 8.59. The summed E-state index contributed by atoms with van der Waals surface area (Å²) in [5, 5.41) is 20.7. The van der Waals surface area contributed by atoms with E-state index in [1.807, 2.05) is 6.07 Å². The largest absolute Gasteiger partial charge is 1.00 e. The molecule has 10 heteroatoms. The van der Waals surface area contributed by atoms with E-state index in [1.54, 1.807) is 62.7 Å². The molecule has 0 aliphatic rings. The van der Waals surface area contributed by atoms with E-state index in [0.717, 1.165) is 0 Å². The zero-order valence-electron chi connectivity index (χ0n) is 20.9. The van der Waals surface area contributed by atoms with Crippen LogP contribution in [0, 0.1) is 0 Å². The van der Waals surface area contributed by atoms with E-state index in [0.29, 0.717) is 34.0 Å². The Balaban J connectivity index is 0.00000456. The Hall–Kier alpha value is -4.11. The van der Waals surface area contributed by atoms with Crippen LogP contribution in [0.2, 0.25) is 0 Å². The number of hydrogen-bond acceptors (Lipinski definition) is 7. The van der Waals surface area contributed by atoms with Gasteiger partial charge in [0.05, 0.1) is 42.5 Å². The molecule has 0 unspecified atom stereocenters. The predicted molar refractivity (Wildman–Crippen MR) is 133 cm³/mol. The highest BCUT2D eigenvalue weighted by Crippen LogP contribution is 2.40. The lowest BCUT2D eigenvalue weighted by Crippen LogP contribution is -3.00. The fraction of sp³-hybridized carbons (Fsp3) is 0.231. The van der Waals surface area contributed by atoms with Crippen molar-refractivity contribution in [1.29, 1.82) is 0 Å². The molecule has 0 fully saturated rings. The summed E-state index contributed by atoms with van der Waals surface area (Å²) >= 11 is 0. The third-order valence-corrected chi connectivity index (χ3v) is 5.61. The highest BCUT2D eigenvalue weighted by Gasteiger charge is 2.16. The average molecular weight is 517 g/mol. The van der Waals surface area contributed by atoms with Gasteiger partial charge in [-0.15, -0.1) is 0 Å². The quantitative estimate of drug-likeness (QED) is 0.406. The highest BCUT2D eigenvalue weighted by molar-refractivity contribution is 5.77. The molecule has 0 amide bonds. The van der Waals surface area contributed by atoms with Crippen LogP contribution in [-0.4, -0.2) is 43.2 Å². The van der Waals surface area contributed by atoms with Gasteiger partial charge in [0.25, 0.3) is 0 Å². The van der Waals surface area contributed by atoms with Crippen molar-refractivity contribution in [2.45, 2.75) is 0 Å². The predicted octanol–water partition coefficient (Wildman–Crippen LogP) is 0.000200. The number of nitrogens with zero attached hydrogens (tertiary/aromatic N) is 2. The number of ether oxygens (including phenoxy) is 4. The highest BCUT2D eigenvalue weighted by atomic mass is 35.5. The summed E-state index contributed by atoms with van der Waals surface area (Å²) < 4.78 is 23.9. The fourth-order valence-corrected chi connectivity index (χ4v) is 3.62. The van der Waals surface area contributed by atoms with Gasteiger partial charge in [-0.3, -0.25) is 0 Å². The molecule has 1 heterocycles. The SMILES string of the molecule is COc1ccc(/C=C/c2cc(/C=C/c3ccc(OC)c(O)c3OC)[n+](C)c(=O)n2C)c(OC)c1O.[Cl-]. The Kier molecular flexibility index (Phi) is 9.40. The van der Waals surface area contributed by atoms with Gasteiger partial charge in [0.2, 0.25) is 11.5 Å². The smallest absolute Gasteiger partial charge is 0.498 e. The monoisotopic (exact) mass is 516 g/mol. The Morgan fingerprint density at radius 2 is 1.25 bits per heavy atom. The maximum atomic E-state index is 12.9. The van der Waals surface area contributed by atoms with Crippen LogP contribution in [0.4, 0.5) is 0 Å². The lowest BCUT2D eigenvalue weighted by Gasteiger charge is -2.11. The van der Waals surface area contributed by atoms with Crippen molar-refractivity contribution in [3.05, 3.63) is 63.3 Å². The molecule has 0 saturated heterocycles. The second kappa shape index (κ2) is 12.0. The minimum Gasteiger partial charge on any atom is -1.00 e. The van der Waals surface area contributed by atoms with E-state index < -0.39 is 0 Å². The molecule has 3 rings (SSSR count). The molecule has 9 nitrogen and oxygen atoms in total. The van der Waals surface area contributed by atoms with Crippen molar-refractivity contribution in [3.63, 3.8) is 0 Å². The Bertz CT molecular complexity index is 1260. The molecule has 0 atom stereocenters. The summed E-state index contributed by atoms with van der Waals surface area (Å²) in [7, 11) is 9.17. The number of halogens is 1. The van der Waals surface area contributed by atoms with Gasteiger partial charge >= 0.3 is 5.69 Å². The molecule has 0 aliphatic heterocycles. The summed E-state index contributed by atoms with van der Waals surface area (Å²) in [6.07, 6.45) is 6.99. The van der Waals surface area contributed by atoms with Crippen LogP contribution in [0.3, 0.4) is 0 Å². The van der Waals surface area contributed by atoms with E-state index in [4.69, 9.17) is 18.9 Å². The van der Waals surface area contributed by atoms with Crippen LogP contribution in [0.15, 0.2) is 35.1 Å². The third-order valence-electron chi connectivity index (χ3n) is 5.61. The second-order valence-electron chi connectivity index (χ2n) is 7.54. The minimum atomic E-state index is -0.235. The molecular formula is C26H29ClN2O7. The first-order chi connectivity index (χ1) is 16.8. The number of aromatic hydroxyl groups is 2. The first-order valence-electron chi connectivity index (χ1n) is 10.6. The average Bonchev–Trinajstić information content (AvgIpc) is 2.86. The van der Waals surface area contributed by atoms with Crippen molar-refractivity contribution in [2.24, 2.45) is 14.1 Å². The van der Waals surface area contributed by atoms with Gasteiger partial charge in [-0.05, 0) is 48.6 Å². The lowest BCUT2D eigenvalue weighted by molar-refractivity contribution is -0.692. The first kappa shape index (κ1) is 28.1. The van der Waals surface area contributed by atoms with Gasteiger partial charge in [-0.25, -0.2) is 0 Å². The van der Waals surface area contributed by atoms with Gasteiger partial charge < -0.3 is 41.6 Å². The number of phenols is 2. The number of phenolic OH excluding ortho intramolecular Hbond substituents is 2. The third kappa shape index (κ3) is 5.41. The first-order valence-corrected chi connectivity index (χ1v) is 10.6. The van der Waals surface area contributed by atoms with E-state index in [-0.39, 0.29) is 41.1 Å². The molecular weight excluding hydrogens is 488 g/mol. The molecule has 0 spiro atoms. The normalized spacial score (nSPS) is 10.9. The molecule has 192 valence electrons. The Morgan fingerprint density at radius 1 is 0.778 bits per heavy atom. The second-order valence-corrected chi connectivity index (χ2v) is 7.54. The van der Waals surface area contributed by atoms with Crippen LogP contribution in [0.25, 0.3) is 24.3 Å². The number of aromatic nitrogens is 2. The molecule has 0 aliphatic carbocycles. The Morgan fingerprint density at radius 3 is 1.69 bits per heavy atom. The van der Waals surface area contributed by atoms with Gasteiger partial charge in [-0.2, -0.15) is 13.9 Å². The molecule has 3 aromatic rings. The van der Waals surface area contributed by atoms with Crippen LogP contribution >= 0.6 is 0 Å². The molecule has 0 saturated carbocycles. The number of methoxy groups -OCH3 is 4. The minimum absolute atomic E-state index is 0. The van der Waals surface area contributed by atoms with E-state index in [9.17, 15) is 15.0 Å². The van der Waals surface area contributed by atoms with Gasteiger partial charge in [0.15, 0.2) is 23.0 Å². The number of rotatable bonds is 8. The lowest BCUT2D eigenvalue weighted by atomic mass is 10.1. The van der Waals surface area contributed by atoms with Crippen molar-refractivity contribution < 1.29 is 46.1 Å². The molecule has 2 N–H and O–H groups in total. The number of hydrogen-bond donors (Lipinski definition) is 2. The van der Waals surface area contributed by atoms with Crippen molar-refractivity contribution in [2.75, 3.05) is 28.4 Å². The van der Waals surface area contributed by atoms with Crippen LogP contribution < -0.4 is 41.6 Å². The van der Waals surface area contributed by atoms with Crippen molar-refractivity contribution in [3.8, 4) is 34.5 Å². The van der Waals surface area contributed by atoms with E-state index in [1.165, 1.54) is 37.6 Å². The molecule has 0 radical (unpaired) electrons. The summed E-state index contributed by atoms with van der Waals surface area (Å²) in [4.78, 5) is 12.9. The topological polar surface area (TPSA) is 103 Å². The zero-order valence-corrected chi connectivity index (χ0v) is 21.7. The molecule has 2 aromatic carbocycles. The van der Waals surface area contributed by atoms with Gasteiger partial charge in [-0.1, -0.05) is 0 Å². The maximum absolute atomic E-state index is 12.9. The summed E-state index contributed by atoms with van der Waals surface area (Å²) in [5.41, 5.74) is 2.23. The van der Waals surface area contributed by atoms with Crippen molar-refractivity contribution >= 4 is 24.3 Å². The van der Waals surface area contributed by atoms with E-state index in [2.05, 4.69) is 0 Å². The van der Waals surface area contributed by atoms with Crippen molar-refractivity contribution in [1.82, 2.24) is 4.57 Å². The fourth-order valence-electron chi connectivity index (χ4n) is 3.62. The van der Waals surface area contributed by atoms with E-state index >= 15 is 0 Å². The van der Waals surface area contributed by atoms with Gasteiger partial charge in [0.1, 0.15) is 11.4 Å². The zero-order chi connectivity index (χ0) is 25.7. The van der Waals surface area contributed by atoms with Crippen LogP contribution in [0.5, 0.6) is 34.5 Å². The Labute approximate surface area is 215 Å². The maximum Gasteiger partial charge on any atom is 0.498 e. The van der Waals surface area contributed by atoms with Gasteiger partial charge in [0, 0.05) is 17.2 Å². The standard InChI is InChI=1S/C26H28N2O7.ClH/c1-27-18(11-7-16-9-13-20(32-3)22(29)24(16)34-5)15-19(28(2)26(27)31)12-8-17-10-14-21(33-4)23(30)25(17)35-6;/h7-15H,1-6H3,(H-,29,30);1H/b11-7+,12-8+;.